The maximum absolute atomic E-state index is 10.8. The van der Waals surface area contributed by atoms with E-state index in [2.05, 4.69) is 18.4 Å². The Morgan fingerprint density at radius 3 is 2.63 bits per heavy atom. The Morgan fingerprint density at radius 1 is 1.26 bits per heavy atom. The van der Waals surface area contributed by atoms with Gasteiger partial charge >= 0.3 is 0 Å². The van der Waals surface area contributed by atoms with Crippen LogP contribution in [-0.4, -0.2) is 9.49 Å². The molecule has 0 saturated heterocycles. The Morgan fingerprint density at radius 2 is 2.00 bits per heavy atom. The van der Waals surface area contributed by atoms with Gasteiger partial charge < -0.3 is 4.57 Å². The quantitative estimate of drug-likeness (QED) is 0.571. The van der Waals surface area contributed by atoms with Crippen molar-refractivity contribution < 1.29 is 4.92 Å². The summed E-state index contributed by atoms with van der Waals surface area (Å²) in [6.07, 6.45) is 5.53. The van der Waals surface area contributed by atoms with E-state index in [1.165, 1.54) is 12.8 Å². The lowest BCUT2D eigenvalue weighted by Crippen LogP contribution is -2.04. The number of fused-ring (bicyclic) bond motifs is 1. The van der Waals surface area contributed by atoms with Gasteiger partial charge in [-0.2, -0.15) is 0 Å². The van der Waals surface area contributed by atoms with E-state index in [1.54, 1.807) is 12.1 Å². The van der Waals surface area contributed by atoms with Gasteiger partial charge in [0.15, 0.2) is 0 Å². The minimum atomic E-state index is -0.336. The van der Waals surface area contributed by atoms with Gasteiger partial charge in [0, 0.05) is 30.3 Å². The summed E-state index contributed by atoms with van der Waals surface area (Å²) in [5.41, 5.74) is 1.12. The molecule has 0 spiro atoms. The molecule has 4 nitrogen and oxygen atoms in total. The van der Waals surface area contributed by atoms with Crippen molar-refractivity contribution in [2.24, 2.45) is 5.92 Å². The molecule has 0 saturated carbocycles. The molecule has 2 aromatic rings. The number of hydrogen-bond acceptors (Lipinski definition) is 2. The standard InChI is InChI=1S/C15H20N2O2/c1-3-12(4-2)7-9-16-10-8-13-5-6-14(17(18)19)11-15(13)16/h5-6,8,10-12H,3-4,7,9H2,1-2H3. The van der Waals surface area contributed by atoms with Gasteiger partial charge in [-0.3, -0.25) is 10.1 Å². The summed E-state index contributed by atoms with van der Waals surface area (Å²) < 4.78 is 2.13. The van der Waals surface area contributed by atoms with Crippen LogP contribution in [-0.2, 0) is 6.54 Å². The number of aryl methyl sites for hydroxylation is 1. The fourth-order valence-electron chi connectivity index (χ4n) is 2.50. The molecule has 0 radical (unpaired) electrons. The summed E-state index contributed by atoms with van der Waals surface area (Å²) >= 11 is 0. The number of nitrogens with zero attached hydrogens (tertiary/aromatic N) is 2. The Bertz CT molecular complexity index is 571. The third-order valence-electron chi connectivity index (χ3n) is 3.90. The summed E-state index contributed by atoms with van der Waals surface area (Å²) in [5, 5.41) is 11.9. The van der Waals surface area contributed by atoms with Crippen LogP contribution >= 0.6 is 0 Å². The second-order valence-corrected chi connectivity index (χ2v) is 4.98. The molecule has 1 heterocycles. The summed E-state index contributed by atoms with van der Waals surface area (Å²) in [6.45, 7) is 5.36. The van der Waals surface area contributed by atoms with E-state index in [1.807, 2.05) is 18.3 Å². The van der Waals surface area contributed by atoms with E-state index in [-0.39, 0.29) is 10.6 Å². The second-order valence-electron chi connectivity index (χ2n) is 4.98. The van der Waals surface area contributed by atoms with Gasteiger partial charge in [-0.15, -0.1) is 0 Å². The van der Waals surface area contributed by atoms with E-state index < -0.39 is 0 Å². The van der Waals surface area contributed by atoms with Crippen LogP contribution in [0.4, 0.5) is 5.69 Å². The highest BCUT2D eigenvalue weighted by atomic mass is 16.6. The molecule has 4 heteroatoms. The van der Waals surface area contributed by atoms with Gasteiger partial charge in [0.1, 0.15) is 0 Å². The monoisotopic (exact) mass is 260 g/mol. The number of nitro benzene ring substituents is 1. The van der Waals surface area contributed by atoms with Gasteiger partial charge in [0.2, 0.25) is 0 Å². The molecule has 0 fully saturated rings. The summed E-state index contributed by atoms with van der Waals surface area (Å²) in [5.74, 6) is 0.733. The van der Waals surface area contributed by atoms with Crippen molar-refractivity contribution >= 4 is 16.6 Å². The summed E-state index contributed by atoms with van der Waals surface area (Å²) in [7, 11) is 0. The van der Waals surface area contributed by atoms with Crippen molar-refractivity contribution in [2.45, 2.75) is 39.7 Å². The van der Waals surface area contributed by atoms with Crippen molar-refractivity contribution in [2.75, 3.05) is 0 Å². The van der Waals surface area contributed by atoms with Crippen LogP contribution in [0.2, 0.25) is 0 Å². The number of aromatic nitrogens is 1. The topological polar surface area (TPSA) is 48.1 Å². The van der Waals surface area contributed by atoms with Crippen LogP contribution in [0.25, 0.3) is 10.9 Å². The smallest absolute Gasteiger partial charge is 0.271 e. The minimum absolute atomic E-state index is 0.162. The van der Waals surface area contributed by atoms with Crippen LogP contribution in [0.3, 0.4) is 0 Å². The molecule has 0 aliphatic rings. The molecule has 0 aliphatic heterocycles. The lowest BCUT2D eigenvalue weighted by molar-refractivity contribution is -0.384. The molecule has 0 atom stereocenters. The zero-order valence-electron chi connectivity index (χ0n) is 11.5. The highest BCUT2D eigenvalue weighted by molar-refractivity contribution is 5.82. The van der Waals surface area contributed by atoms with Crippen molar-refractivity contribution in [3.63, 3.8) is 0 Å². The predicted octanol–water partition coefficient (Wildman–Crippen LogP) is 4.38. The zero-order chi connectivity index (χ0) is 13.8. The van der Waals surface area contributed by atoms with Crippen molar-refractivity contribution in [1.82, 2.24) is 4.57 Å². The number of nitro groups is 1. The van der Waals surface area contributed by atoms with E-state index in [4.69, 9.17) is 0 Å². The third-order valence-corrected chi connectivity index (χ3v) is 3.90. The molecule has 102 valence electrons. The molecule has 19 heavy (non-hydrogen) atoms. The average Bonchev–Trinajstić information content (AvgIpc) is 2.82. The van der Waals surface area contributed by atoms with Gasteiger partial charge in [-0.05, 0) is 24.5 Å². The first kappa shape index (κ1) is 13.6. The van der Waals surface area contributed by atoms with Crippen LogP contribution in [0.1, 0.15) is 33.1 Å². The highest BCUT2D eigenvalue weighted by Gasteiger charge is 2.10. The lowest BCUT2D eigenvalue weighted by atomic mass is 10.00. The molecule has 1 aromatic heterocycles. The molecule has 0 amide bonds. The largest absolute Gasteiger partial charge is 0.347 e. The Balaban J connectivity index is 2.23. The van der Waals surface area contributed by atoms with Crippen LogP contribution < -0.4 is 0 Å². The number of non-ortho nitro benzene ring substituents is 1. The highest BCUT2D eigenvalue weighted by Crippen LogP contribution is 2.23. The third kappa shape index (κ3) is 2.95. The summed E-state index contributed by atoms with van der Waals surface area (Å²) in [6, 6.07) is 7.07. The van der Waals surface area contributed by atoms with Gasteiger partial charge in [0.05, 0.1) is 10.4 Å². The van der Waals surface area contributed by atoms with E-state index in [0.717, 1.165) is 29.8 Å². The first-order valence-electron chi connectivity index (χ1n) is 6.89. The zero-order valence-corrected chi connectivity index (χ0v) is 11.5. The number of hydrogen-bond donors (Lipinski definition) is 0. The van der Waals surface area contributed by atoms with Crippen molar-refractivity contribution in [1.29, 1.82) is 0 Å². The molecule has 0 unspecified atom stereocenters. The van der Waals surface area contributed by atoms with Gasteiger partial charge in [0.25, 0.3) is 5.69 Å². The fourth-order valence-corrected chi connectivity index (χ4v) is 2.50. The number of benzene rings is 1. The van der Waals surface area contributed by atoms with Crippen molar-refractivity contribution in [3.8, 4) is 0 Å². The average molecular weight is 260 g/mol. The minimum Gasteiger partial charge on any atom is -0.347 e. The first-order chi connectivity index (χ1) is 9.15. The van der Waals surface area contributed by atoms with Crippen molar-refractivity contribution in [3.05, 3.63) is 40.6 Å². The molecule has 0 bridgehead atoms. The van der Waals surface area contributed by atoms with Gasteiger partial charge in [-0.1, -0.05) is 26.7 Å². The Hall–Kier alpha value is -1.84. The first-order valence-corrected chi connectivity index (χ1v) is 6.89. The molecular formula is C15H20N2O2. The second kappa shape index (κ2) is 5.87. The normalized spacial score (nSPS) is 11.3. The maximum atomic E-state index is 10.8. The van der Waals surface area contributed by atoms with Crippen LogP contribution in [0, 0.1) is 16.0 Å². The molecule has 2 rings (SSSR count). The predicted molar refractivity (Wildman–Crippen MR) is 77.3 cm³/mol. The van der Waals surface area contributed by atoms with Crippen LogP contribution in [0.15, 0.2) is 30.5 Å². The molecule has 1 aromatic carbocycles. The Labute approximate surface area is 113 Å². The molecule has 0 aliphatic carbocycles. The number of rotatable bonds is 6. The molecular weight excluding hydrogens is 240 g/mol. The lowest BCUT2D eigenvalue weighted by Gasteiger charge is -2.13. The van der Waals surface area contributed by atoms with Gasteiger partial charge in [-0.25, -0.2) is 0 Å². The van der Waals surface area contributed by atoms with E-state index in [9.17, 15) is 10.1 Å². The summed E-state index contributed by atoms with van der Waals surface area (Å²) in [4.78, 5) is 10.5. The maximum Gasteiger partial charge on any atom is 0.271 e. The van der Waals surface area contributed by atoms with E-state index >= 15 is 0 Å². The Kier molecular flexibility index (Phi) is 4.20. The fraction of sp³-hybridized carbons (Fsp3) is 0.467. The molecule has 0 N–H and O–H groups in total. The van der Waals surface area contributed by atoms with Crippen LogP contribution in [0.5, 0.6) is 0 Å². The van der Waals surface area contributed by atoms with E-state index in [0.29, 0.717) is 0 Å². The SMILES string of the molecule is CCC(CC)CCn1ccc2ccc([N+](=O)[O-])cc21.